The van der Waals surface area contributed by atoms with Crippen LogP contribution >= 0.6 is 11.8 Å². The molecule has 0 amide bonds. The van der Waals surface area contributed by atoms with Crippen LogP contribution in [0.5, 0.6) is 11.5 Å². The van der Waals surface area contributed by atoms with Crippen molar-refractivity contribution < 1.29 is 14.2 Å². The molecule has 2 aliphatic heterocycles. The molecule has 3 heterocycles. The molecule has 1 aromatic heterocycles. The zero-order valence-corrected chi connectivity index (χ0v) is 17.7. The van der Waals surface area contributed by atoms with Crippen molar-refractivity contribution in [3.05, 3.63) is 78.6 Å². The van der Waals surface area contributed by atoms with E-state index in [1.54, 1.807) is 11.8 Å². The number of fused-ring (bicyclic) bond motifs is 1. The predicted octanol–water partition coefficient (Wildman–Crippen LogP) is 3.91. The van der Waals surface area contributed by atoms with E-state index in [1.807, 2.05) is 65.2 Å². The lowest BCUT2D eigenvalue weighted by Gasteiger charge is -2.26. The van der Waals surface area contributed by atoms with Crippen LogP contribution in [0.4, 0.5) is 0 Å². The highest BCUT2D eigenvalue weighted by atomic mass is 32.2. The van der Waals surface area contributed by atoms with Crippen LogP contribution in [0.2, 0.25) is 0 Å². The van der Waals surface area contributed by atoms with Gasteiger partial charge in [-0.1, -0.05) is 48.2 Å². The number of rotatable bonds is 7. The number of ether oxygens (including phenoxy) is 3. The van der Waals surface area contributed by atoms with Crippen LogP contribution in [-0.4, -0.2) is 45.7 Å². The summed E-state index contributed by atoms with van der Waals surface area (Å²) in [6.07, 6.45) is 1.50. The van der Waals surface area contributed by atoms with Crippen LogP contribution in [0, 0.1) is 0 Å². The van der Waals surface area contributed by atoms with Gasteiger partial charge >= 0.3 is 0 Å². The molecule has 0 bridgehead atoms. The van der Waals surface area contributed by atoms with Gasteiger partial charge in [0.05, 0.1) is 6.54 Å². The lowest BCUT2D eigenvalue weighted by Crippen LogP contribution is -2.25. The first-order valence-electron chi connectivity index (χ1n) is 10.1. The molecule has 0 fully saturated rings. The average molecular weight is 435 g/mol. The number of para-hydroxylation sites is 2. The summed E-state index contributed by atoms with van der Waals surface area (Å²) in [6.45, 7) is 5.49. The maximum Gasteiger partial charge on any atom is 0.216 e. The van der Waals surface area contributed by atoms with E-state index < -0.39 is 0 Å². The first-order valence-corrected chi connectivity index (χ1v) is 11.1. The summed E-state index contributed by atoms with van der Waals surface area (Å²) in [4.78, 5) is 4.54. The Balaban J connectivity index is 1.26. The Hall–Kier alpha value is -3.26. The predicted molar refractivity (Wildman–Crippen MR) is 119 cm³/mol. The topological polar surface area (TPSA) is 70.8 Å². The maximum atomic E-state index is 6.12. The van der Waals surface area contributed by atoms with Crippen LogP contribution in [0.1, 0.15) is 17.5 Å². The standard InChI is InChI=1S/C23H22N4O3S/c1-2-12-27-21(20-14-28-18-10-6-7-11-19(18)30-20)25-26-23(27)31-15-17-13-24-22(29-17)16-8-4-3-5-9-16/h2-11,17,20H,1,12-15H2/t17-,20+/m1/s1. The smallest absolute Gasteiger partial charge is 0.216 e. The molecule has 0 spiro atoms. The summed E-state index contributed by atoms with van der Waals surface area (Å²) < 4.78 is 20.0. The number of allylic oxidation sites excluding steroid dienone is 1. The second-order valence-electron chi connectivity index (χ2n) is 7.17. The summed E-state index contributed by atoms with van der Waals surface area (Å²) in [7, 11) is 0. The molecule has 0 saturated heterocycles. The first-order chi connectivity index (χ1) is 15.3. The van der Waals surface area contributed by atoms with Crippen LogP contribution in [0.3, 0.4) is 0 Å². The normalized spacial score (nSPS) is 19.5. The quantitative estimate of drug-likeness (QED) is 0.415. The van der Waals surface area contributed by atoms with Crippen molar-refractivity contribution in [1.82, 2.24) is 14.8 Å². The van der Waals surface area contributed by atoms with Crippen LogP contribution < -0.4 is 9.47 Å². The van der Waals surface area contributed by atoms with Crippen molar-refractivity contribution in [1.29, 1.82) is 0 Å². The third-order valence-electron chi connectivity index (χ3n) is 4.99. The zero-order chi connectivity index (χ0) is 21.0. The van der Waals surface area contributed by atoms with Crippen molar-refractivity contribution in [2.45, 2.75) is 23.9 Å². The summed E-state index contributed by atoms with van der Waals surface area (Å²) in [5.41, 5.74) is 1.00. The molecule has 2 aliphatic rings. The first kappa shape index (κ1) is 19.7. The van der Waals surface area contributed by atoms with E-state index in [2.05, 4.69) is 21.8 Å². The SMILES string of the molecule is C=CCn1c(SC[C@H]2CN=C(c3ccccc3)O2)nnc1[C@@H]1COc2ccccc2O1. The largest absolute Gasteiger partial charge is 0.485 e. The van der Waals surface area contributed by atoms with Crippen molar-refractivity contribution in [3.8, 4) is 11.5 Å². The molecule has 158 valence electrons. The molecule has 0 N–H and O–H groups in total. The van der Waals surface area contributed by atoms with Gasteiger partial charge < -0.3 is 14.2 Å². The van der Waals surface area contributed by atoms with E-state index in [4.69, 9.17) is 14.2 Å². The van der Waals surface area contributed by atoms with Crippen molar-refractivity contribution in [2.24, 2.45) is 4.99 Å². The molecule has 3 aromatic rings. The third kappa shape index (κ3) is 4.16. The maximum absolute atomic E-state index is 6.12. The van der Waals surface area contributed by atoms with Crippen LogP contribution in [0.15, 0.2) is 77.4 Å². The Kier molecular flexibility index (Phi) is 5.62. The van der Waals surface area contributed by atoms with Gasteiger partial charge in [0.25, 0.3) is 0 Å². The van der Waals surface area contributed by atoms with E-state index in [1.165, 1.54) is 0 Å². The van der Waals surface area contributed by atoms with Crippen LogP contribution in [-0.2, 0) is 11.3 Å². The van der Waals surface area contributed by atoms with Gasteiger partial charge in [-0.3, -0.25) is 4.57 Å². The second-order valence-corrected chi connectivity index (χ2v) is 8.15. The molecule has 0 saturated carbocycles. The van der Waals surface area contributed by atoms with Gasteiger partial charge in [0, 0.05) is 17.9 Å². The molecule has 0 radical (unpaired) electrons. The fourth-order valence-corrected chi connectivity index (χ4v) is 4.43. The molecule has 2 aromatic carbocycles. The molecule has 0 unspecified atom stereocenters. The number of aromatic nitrogens is 3. The second kappa shape index (κ2) is 8.85. The highest BCUT2D eigenvalue weighted by Gasteiger charge is 2.29. The Labute approximate surface area is 184 Å². The summed E-state index contributed by atoms with van der Waals surface area (Å²) in [5, 5.41) is 9.61. The number of hydrogen-bond acceptors (Lipinski definition) is 7. The molecule has 0 aliphatic carbocycles. The zero-order valence-electron chi connectivity index (χ0n) is 16.9. The van der Waals surface area contributed by atoms with Gasteiger partial charge in [0.2, 0.25) is 5.90 Å². The molecule has 8 heteroatoms. The van der Waals surface area contributed by atoms with Gasteiger partial charge in [0.15, 0.2) is 28.6 Å². The highest BCUT2D eigenvalue weighted by Crippen LogP contribution is 2.36. The lowest BCUT2D eigenvalue weighted by molar-refractivity contribution is 0.0821. The van der Waals surface area contributed by atoms with Gasteiger partial charge in [0.1, 0.15) is 12.7 Å². The number of thioether (sulfide) groups is 1. The molecular formula is C23H22N4O3S. The summed E-state index contributed by atoms with van der Waals surface area (Å²) >= 11 is 1.60. The van der Waals surface area contributed by atoms with E-state index in [9.17, 15) is 0 Å². The van der Waals surface area contributed by atoms with Crippen LogP contribution in [0.25, 0.3) is 0 Å². The molecule has 2 atom stereocenters. The van der Waals surface area contributed by atoms with E-state index in [-0.39, 0.29) is 12.2 Å². The molecule has 7 nitrogen and oxygen atoms in total. The third-order valence-corrected chi connectivity index (χ3v) is 6.09. The minimum atomic E-state index is -0.326. The molecular weight excluding hydrogens is 412 g/mol. The van der Waals surface area contributed by atoms with Crippen molar-refractivity contribution >= 4 is 17.7 Å². The van der Waals surface area contributed by atoms with E-state index in [0.717, 1.165) is 28.0 Å². The fraction of sp³-hybridized carbons (Fsp3) is 0.261. The Bertz CT molecular complexity index is 1100. The Morgan fingerprint density at radius 3 is 2.68 bits per heavy atom. The highest BCUT2D eigenvalue weighted by molar-refractivity contribution is 7.99. The lowest BCUT2D eigenvalue weighted by atomic mass is 10.2. The van der Waals surface area contributed by atoms with Gasteiger partial charge in [-0.2, -0.15) is 0 Å². The van der Waals surface area contributed by atoms with E-state index >= 15 is 0 Å². The van der Waals surface area contributed by atoms with E-state index in [0.29, 0.717) is 31.3 Å². The Morgan fingerprint density at radius 1 is 1.03 bits per heavy atom. The summed E-state index contributed by atoms with van der Waals surface area (Å²) in [5.74, 6) is 3.61. The minimum absolute atomic E-state index is 0.00122. The Morgan fingerprint density at radius 2 is 1.84 bits per heavy atom. The van der Waals surface area contributed by atoms with Gasteiger partial charge in [-0.25, -0.2) is 4.99 Å². The fourth-order valence-electron chi connectivity index (χ4n) is 3.50. The number of nitrogens with zero attached hydrogens (tertiary/aromatic N) is 4. The van der Waals surface area contributed by atoms with Crippen molar-refractivity contribution in [3.63, 3.8) is 0 Å². The number of aliphatic imine (C=N–C) groups is 1. The van der Waals surface area contributed by atoms with Gasteiger partial charge in [-0.05, 0) is 24.3 Å². The minimum Gasteiger partial charge on any atom is -0.485 e. The van der Waals surface area contributed by atoms with Gasteiger partial charge in [-0.15, -0.1) is 16.8 Å². The monoisotopic (exact) mass is 434 g/mol. The van der Waals surface area contributed by atoms with Crippen molar-refractivity contribution in [2.75, 3.05) is 18.9 Å². The number of hydrogen-bond donors (Lipinski definition) is 0. The summed E-state index contributed by atoms with van der Waals surface area (Å²) in [6, 6.07) is 17.6. The number of benzene rings is 2. The average Bonchev–Trinajstić information content (AvgIpc) is 3.45. The molecule has 5 rings (SSSR count). The molecule has 31 heavy (non-hydrogen) atoms.